The minimum atomic E-state index is -0.990. The molecule has 0 aliphatic carbocycles. The molecule has 0 heterocycles. The van der Waals surface area contributed by atoms with E-state index in [9.17, 15) is 9.59 Å². The number of ether oxygens (including phenoxy) is 1. The molecule has 1 unspecified atom stereocenters. The molecule has 0 aliphatic rings. The first-order valence-electron chi connectivity index (χ1n) is 7.49. The van der Waals surface area contributed by atoms with E-state index in [1.54, 1.807) is 7.11 Å². The van der Waals surface area contributed by atoms with Crippen molar-refractivity contribution in [3.8, 4) is 5.75 Å². The summed E-state index contributed by atoms with van der Waals surface area (Å²) in [6.07, 6.45) is 0.670. The Hall–Kier alpha value is -2.04. The predicted octanol–water partition coefficient (Wildman–Crippen LogP) is 2.80. The predicted molar refractivity (Wildman–Crippen MR) is 85.0 cm³/mol. The molecule has 5 nitrogen and oxygen atoms in total. The summed E-state index contributed by atoms with van der Waals surface area (Å²) in [5.74, 6) is -0.298. The van der Waals surface area contributed by atoms with Gasteiger partial charge in [-0.25, -0.2) is 4.79 Å². The minimum absolute atomic E-state index is 0.0106. The van der Waals surface area contributed by atoms with Crippen LogP contribution in [0, 0.1) is 5.92 Å². The number of rotatable bonds is 8. The largest absolute Gasteiger partial charge is 0.497 e. The van der Waals surface area contributed by atoms with E-state index in [1.165, 1.54) is 0 Å². The molecule has 0 fully saturated rings. The van der Waals surface area contributed by atoms with Crippen molar-refractivity contribution in [1.82, 2.24) is 5.32 Å². The quantitative estimate of drug-likeness (QED) is 0.774. The summed E-state index contributed by atoms with van der Waals surface area (Å²) in [4.78, 5) is 23.3. The van der Waals surface area contributed by atoms with Crippen LogP contribution in [0.25, 0.3) is 0 Å². The Kier molecular flexibility index (Phi) is 6.89. The zero-order valence-corrected chi connectivity index (χ0v) is 13.6. The van der Waals surface area contributed by atoms with Gasteiger partial charge in [-0.1, -0.05) is 32.9 Å². The molecule has 122 valence electrons. The Morgan fingerprint density at radius 3 is 2.50 bits per heavy atom. The molecule has 0 saturated carbocycles. The molecule has 1 aromatic rings. The molecule has 0 aliphatic heterocycles. The van der Waals surface area contributed by atoms with Gasteiger partial charge in [-0.15, -0.1) is 0 Å². The standard InChI is InChI=1S/C17H25NO4/c1-11(2)8-15(17(20)21)18-16(19)9-12(3)13-6-5-7-14(10-13)22-4/h5-7,10-12,15H,8-9H2,1-4H3,(H,18,19)(H,20,21)/t12?,15-/m0/s1. The molecule has 0 spiro atoms. The molecule has 22 heavy (non-hydrogen) atoms. The van der Waals surface area contributed by atoms with Crippen LogP contribution in [0.2, 0.25) is 0 Å². The number of amides is 1. The first-order valence-corrected chi connectivity index (χ1v) is 7.49. The Balaban J connectivity index is 2.64. The number of nitrogens with one attached hydrogen (secondary N) is 1. The average Bonchev–Trinajstić information content (AvgIpc) is 2.45. The highest BCUT2D eigenvalue weighted by Crippen LogP contribution is 2.23. The lowest BCUT2D eigenvalue weighted by molar-refractivity contribution is -0.142. The number of hydrogen-bond acceptors (Lipinski definition) is 3. The van der Waals surface area contributed by atoms with Crippen LogP contribution in [-0.4, -0.2) is 30.1 Å². The number of carboxylic acids is 1. The van der Waals surface area contributed by atoms with Gasteiger partial charge in [0.15, 0.2) is 0 Å². The number of methoxy groups -OCH3 is 1. The van der Waals surface area contributed by atoms with E-state index in [2.05, 4.69) is 5.32 Å². The zero-order chi connectivity index (χ0) is 16.7. The first-order chi connectivity index (χ1) is 10.3. The molecule has 1 rings (SSSR count). The third kappa shape index (κ3) is 5.76. The second-order valence-corrected chi connectivity index (χ2v) is 5.97. The number of hydrogen-bond donors (Lipinski definition) is 2. The van der Waals surface area contributed by atoms with Crippen LogP contribution >= 0.6 is 0 Å². The number of aliphatic carboxylic acids is 1. The van der Waals surface area contributed by atoms with Crippen LogP contribution in [0.15, 0.2) is 24.3 Å². The average molecular weight is 307 g/mol. The third-order valence-electron chi connectivity index (χ3n) is 3.49. The summed E-state index contributed by atoms with van der Waals surface area (Å²) >= 11 is 0. The van der Waals surface area contributed by atoms with Gasteiger partial charge >= 0.3 is 5.97 Å². The van der Waals surface area contributed by atoms with Crippen LogP contribution in [0.1, 0.15) is 45.1 Å². The fraction of sp³-hybridized carbons (Fsp3) is 0.529. The van der Waals surface area contributed by atoms with Crippen molar-refractivity contribution in [2.75, 3.05) is 7.11 Å². The molecule has 2 atom stereocenters. The smallest absolute Gasteiger partial charge is 0.326 e. The minimum Gasteiger partial charge on any atom is -0.497 e. The molecule has 1 amide bonds. The maximum absolute atomic E-state index is 12.1. The van der Waals surface area contributed by atoms with Gasteiger partial charge in [0.1, 0.15) is 11.8 Å². The van der Waals surface area contributed by atoms with E-state index in [1.807, 2.05) is 45.0 Å². The van der Waals surface area contributed by atoms with E-state index in [4.69, 9.17) is 9.84 Å². The van der Waals surface area contributed by atoms with Gasteiger partial charge in [0.2, 0.25) is 5.91 Å². The highest BCUT2D eigenvalue weighted by atomic mass is 16.5. The van der Waals surface area contributed by atoms with Gasteiger partial charge in [0.25, 0.3) is 0 Å². The molecule has 0 radical (unpaired) electrons. The van der Waals surface area contributed by atoms with Gasteiger partial charge in [0.05, 0.1) is 7.11 Å². The molecule has 1 aromatic carbocycles. The molecule has 5 heteroatoms. The second kappa shape index (κ2) is 8.41. The van der Waals surface area contributed by atoms with Gasteiger partial charge in [-0.05, 0) is 36.0 Å². The van der Waals surface area contributed by atoms with Gasteiger partial charge < -0.3 is 15.2 Å². The molecule has 0 aromatic heterocycles. The van der Waals surface area contributed by atoms with Crippen molar-refractivity contribution in [3.63, 3.8) is 0 Å². The van der Waals surface area contributed by atoms with Crippen molar-refractivity contribution in [1.29, 1.82) is 0 Å². The highest BCUT2D eigenvalue weighted by Gasteiger charge is 2.22. The number of benzene rings is 1. The maximum atomic E-state index is 12.1. The fourth-order valence-electron chi connectivity index (χ4n) is 2.29. The molecular weight excluding hydrogens is 282 g/mol. The van der Waals surface area contributed by atoms with Crippen molar-refractivity contribution >= 4 is 11.9 Å². The van der Waals surface area contributed by atoms with Crippen molar-refractivity contribution in [3.05, 3.63) is 29.8 Å². The van der Waals surface area contributed by atoms with Gasteiger partial charge in [0, 0.05) is 6.42 Å². The van der Waals surface area contributed by atoms with Crippen LogP contribution in [-0.2, 0) is 9.59 Å². The Bertz CT molecular complexity index is 513. The third-order valence-corrected chi connectivity index (χ3v) is 3.49. The molecule has 0 saturated heterocycles. The summed E-state index contributed by atoms with van der Waals surface area (Å²) < 4.78 is 5.17. The lowest BCUT2D eigenvalue weighted by atomic mass is 9.96. The lowest BCUT2D eigenvalue weighted by Gasteiger charge is -2.18. The number of carbonyl (C=O) groups is 2. The van der Waals surface area contributed by atoms with Crippen molar-refractivity contribution in [2.24, 2.45) is 5.92 Å². The van der Waals surface area contributed by atoms with Crippen LogP contribution < -0.4 is 10.1 Å². The number of carbonyl (C=O) groups excluding carboxylic acids is 1. The normalized spacial score (nSPS) is 13.5. The summed E-state index contributed by atoms with van der Waals surface area (Å²) in [6, 6.07) is 6.72. The number of carboxylic acid groups (broad SMARTS) is 1. The van der Waals surface area contributed by atoms with Gasteiger partial charge in [-0.3, -0.25) is 4.79 Å². The van der Waals surface area contributed by atoms with Crippen molar-refractivity contribution in [2.45, 2.75) is 45.6 Å². The second-order valence-electron chi connectivity index (χ2n) is 5.97. The lowest BCUT2D eigenvalue weighted by Crippen LogP contribution is -2.41. The molecular formula is C17H25NO4. The van der Waals surface area contributed by atoms with Crippen LogP contribution in [0.3, 0.4) is 0 Å². The topological polar surface area (TPSA) is 75.6 Å². The zero-order valence-electron chi connectivity index (χ0n) is 13.6. The van der Waals surface area contributed by atoms with Crippen LogP contribution in [0.5, 0.6) is 5.75 Å². The Morgan fingerprint density at radius 1 is 1.27 bits per heavy atom. The monoisotopic (exact) mass is 307 g/mol. The van der Waals surface area contributed by atoms with E-state index in [0.29, 0.717) is 6.42 Å². The first kappa shape index (κ1) is 18.0. The van der Waals surface area contributed by atoms with Crippen LogP contribution in [0.4, 0.5) is 0 Å². The summed E-state index contributed by atoms with van der Waals surface area (Å²) in [5.41, 5.74) is 0.991. The van der Waals surface area contributed by atoms with E-state index in [-0.39, 0.29) is 24.2 Å². The summed E-state index contributed by atoms with van der Waals surface area (Å²) in [7, 11) is 1.60. The Labute approximate surface area is 131 Å². The van der Waals surface area contributed by atoms with Crippen molar-refractivity contribution < 1.29 is 19.4 Å². The molecule has 0 bridgehead atoms. The Morgan fingerprint density at radius 2 is 1.95 bits per heavy atom. The molecule has 2 N–H and O–H groups in total. The highest BCUT2D eigenvalue weighted by molar-refractivity contribution is 5.83. The van der Waals surface area contributed by atoms with E-state index in [0.717, 1.165) is 11.3 Å². The fourth-order valence-corrected chi connectivity index (χ4v) is 2.29. The maximum Gasteiger partial charge on any atom is 0.326 e. The summed E-state index contributed by atoms with van der Waals surface area (Å²) in [6.45, 7) is 5.80. The van der Waals surface area contributed by atoms with E-state index < -0.39 is 12.0 Å². The van der Waals surface area contributed by atoms with E-state index >= 15 is 0 Å². The summed E-state index contributed by atoms with van der Waals surface area (Å²) in [5, 5.41) is 11.8. The van der Waals surface area contributed by atoms with Gasteiger partial charge in [-0.2, -0.15) is 0 Å². The SMILES string of the molecule is COc1cccc(C(C)CC(=O)N[C@@H](CC(C)C)C(=O)O)c1.